The predicted octanol–water partition coefficient (Wildman–Crippen LogP) is 3.79. The van der Waals surface area contributed by atoms with Crippen LogP contribution in [0.25, 0.3) is 10.8 Å². The lowest BCUT2D eigenvalue weighted by molar-refractivity contribution is 0.00578. The average Bonchev–Trinajstić information content (AvgIpc) is 2.57. The minimum absolute atomic E-state index is 0.318. The third kappa shape index (κ3) is 2.24. The Morgan fingerprint density at radius 1 is 0.850 bits per heavy atom. The van der Waals surface area contributed by atoms with Crippen molar-refractivity contribution in [3.05, 3.63) is 41.4 Å². The summed E-state index contributed by atoms with van der Waals surface area (Å²) in [6.45, 7) is 8.24. The van der Waals surface area contributed by atoms with E-state index in [0.717, 1.165) is 21.3 Å². The molecular weight excluding hydrogens is 270 g/mol. The Kier molecular flexibility index (Phi) is 3.13. The topological polar surface area (TPSA) is 18.5 Å². The highest BCUT2D eigenvalue weighted by Gasteiger charge is 2.51. The van der Waals surface area contributed by atoms with Gasteiger partial charge in [-0.05, 0) is 56.1 Å². The molecule has 1 aliphatic heterocycles. The van der Waals surface area contributed by atoms with E-state index in [2.05, 4.69) is 45.9 Å². The van der Waals surface area contributed by atoms with Crippen molar-refractivity contribution in [2.45, 2.75) is 38.9 Å². The van der Waals surface area contributed by atoms with Crippen LogP contribution in [-0.4, -0.2) is 18.3 Å². The summed E-state index contributed by atoms with van der Waals surface area (Å²) in [5.74, 6) is 0. The SMILES string of the molecule is CC1(C)OB(c2ccc3ccc(Cl)cc3c2)OC1(C)C. The Hall–Kier alpha value is -1.03. The van der Waals surface area contributed by atoms with Crippen molar-refractivity contribution >= 4 is 35.0 Å². The Balaban J connectivity index is 2.00. The molecule has 0 spiro atoms. The van der Waals surface area contributed by atoms with Crippen LogP contribution in [0.2, 0.25) is 5.02 Å². The van der Waals surface area contributed by atoms with Gasteiger partial charge < -0.3 is 9.31 Å². The molecule has 0 N–H and O–H groups in total. The highest BCUT2D eigenvalue weighted by molar-refractivity contribution is 6.62. The maximum Gasteiger partial charge on any atom is 0.494 e. The molecular formula is C16H18BClO2. The molecule has 0 saturated carbocycles. The summed E-state index contributed by atoms with van der Waals surface area (Å²) in [5.41, 5.74) is 0.389. The third-order valence-corrected chi connectivity index (χ3v) is 4.59. The number of hydrogen-bond donors (Lipinski definition) is 0. The summed E-state index contributed by atoms with van der Waals surface area (Å²) in [5, 5.41) is 3.00. The van der Waals surface area contributed by atoms with Crippen LogP contribution >= 0.6 is 11.6 Å². The van der Waals surface area contributed by atoms with E-state index >= 15 is 0 Å². The van der Waals surface area contributed by atoms with Crippen molar-refractivity contribution in [2.75, 3.05) is 0 Å². The molecule has 0 aliphatic carbocycles. The second kappa shape index (κ2) is 4.49. The van der Waals surface area contributed by atoms with Gasteiger partial charge in [0, 0.05) is 5.02 Å². The minimum Gasteiger partial charge on any atom is -0.399 e. The summed E-state index contributed by atoms with van der Waals surface area (Å²) >= 11 is 6.06. The van der Waals surface area contributed by atoms with E-state index in [-0.39, 0.29) is 18.3 Å². The lowest BCUT2D eigenvalue weighted by atomic mass is 9.78. The summed E-state index contributed by atoms with van der Waals surface area (Å²) in [7, 11) is -0.330. The van der Waals surface area contributed by atoms with Crippen LogP contribution in [-0.2, 0) is 9.31 Å². The monoisotopic (exact) mass is 288 g/mol. The Morgan fingerprint density at radius 2 is 1.45 bits per heavy atom. The smallest absolute Gasteiger partial charge is 0.399 e. The fourth-order valence-corrected chi connectivity index (χ4v) is 2.54. The summed E-state index contributed by atoms with van der Waals surface area (Å²) in [6, 6.07) is 12.1. The average molecular weight is 289 g/mol. The third-order valence-electron chi connectivity index (χ3n) is 4.35. The molecule has 3 rings (SSSR count). The largest absolute Gasteiger partial charge is 0.494 e. The van der Waals surface area contributed by atoms with Crippen LogP contribution < -0.4 is 5.46 Å². The highest BCUT2D eigenvalue weighted by atomic mass is 35.5. The van der Waals surface area contributed by atoms with Crippen LogP contribution in [0, 0.1) is 0 Å². The number of benzene rings is 2. The van der Waals surface area contributed by atoms with E-state index in [0.29, 0.717) is 0 Å². The molecule has 104 valence electrons. The van der Waals surface area contributed by atoms with Crippen molar-refractivity contribution in [2.24, 2.45) is 0 Å². The predicted molar refractivity (Wildman–Crippen MR) is 84.7 cm³/mol. The van der Waals surface area contributed by atoms with E-state index in [4.69, 9.17) is 20.9 Å². The van der Waals surface area contributed by atoms with Gasteiger partial charge in [0.05, 0.1) is 11.2 Å². The first-order chi connectivity index (χ1) is 9.28. The molecule has 0 atom stereocenters. The van der Waals surface area contributed by atoms with E-state index < -0.39 is 0 Å². The van der Waals surface area contributed by atoms with Gasteiger partial charge in [-0.25, -0.2) is 0 Å². The van der Waals surface area contributed by atoms with Crippen molar-refractivity contribution in [1.29, 1.82) is 0 Å². The van der Waals surface area contributed by atoms with Crippen molar-refractivity contribution in [3.63, 3.8) is 0 Å². The van der Waals surface area contributed by atoms with Gasteiger partial charge in [-0.1, -0.05) is 35.9 Å². The van der Waals surface area contributed by atoms with Crippen LogP contribution in [0.15, 0.2) is 36.4 Å². The molecule has 1 aliphatic rings. The summed E-state index contributed by atoms with van der Waals surface area (Å²) in [6.07, 6.45) is 0. The second-order valence-electron chi connectivity index (χ2n) is 6.34. The molecule has 2 nitrogen and oxygen atoms in total. The second-order valence-corrected chi connectivity index (χ2v) is 6.78. The van der Waals surface area contributed by atoms with E-state index in [9.17, 15) is 0 Å². The number of fused-ring (bicyclic) bond motifs is 1. The number of halogens is 1. The molecule has 1 heterocycles. The van der Waals surface area contributed by atoms with Gasteiger partial charge in [-0.2, -0.15) is 0 Å². The summed E-state index contributed by atoms with van der Waals surface area (Å²) < 4.78 is 12.1. The fourth-order valence-electron chi connectivity index (χ4n) is 2.36. The zero-order valence-corrected chi connectivity index (χ0v) is 13.0. The Morgan fingerprint density at radius 3 is 2.10 bits per heavy atom. The van der Waals surface area contributed by atoms with Crippen LogP contribution in [0.4, 0.5) is 0 Å². The van der Waals surface area contributed by atoms with Crippen molar-refractivity contribution < 1.29 is 9.31 Å². The van der Waals surface area contributed by atoms with Crippen LogP contribution in [0.5, 0.6) is 0 Å². The molecule has 4 heteroatoms. The Bertz CT molecular complexity index is 651. The minimum atomic E-state index is -0.330. The van der Waals surface area contributed by atoms with E-state index in [1.165, 1.54) is 0 Å². The van der Waals surface area contributed by atoms with Crippen molar-refractivity contribution in [3.8, 4) is 0 Å². The standard InChI is InChI=1S/C16H18BClO2/c1-15(2)16(3,4)20-17(19-15)13-7-5-11-6-8-14(18)10-12(11)9-13/h5-10H,1-4H3. The zero-order chi connectivity index (χ0) is 14.5. The van der Waals surface area contributed by atoms with E-state index in [1.54, 1.807) is 0 Å². The molecule has 0 aromatic heterocycles. The van der Waals surface area contributed by atoms with E-state index in [1.807, 2.05) is 18.2 Å². The van der Waals surface area contributed by atoms with Gasteiger partial charge in [0.1, 0.15) is 0 Å². The van der Waals surface area contributed by atoms with Crippen LogP contribution in [0.1, 0.15) is 27.7 Å². The molecule has 1 fully saturated rings. The maximum atomic E-state index is 6.07. The first kappa shape index (κ1) is 13.9. The molecule has 0 unspecified atom stereocenters. The molecule has 20 heavy (non-hydrogen) atoms. The molecule has 2 aromatic rings. The number of rotatable bonds is 1. The summed E-state index contributed by atoms with van der Waals surface area (Å²) in [4.78, 5) is 0. The van der Waals surface area contributed by atoms with Gasteiger partial charge in [-0.15, -0.1) is 0 Å². The quantitative estimate of drug-likeness (QED) is 0.743. The Labute approximate surface area is 125 Å². The van der Waals surface area contributed by atoms with Gasteiger partial charge in [0.15, 0.2) is 0 Å². The van der Waals surface area contributed by atoms with Gasteiger partial charge in [-0.3, -0.25) is 0 Å². The first-order valence-corrected chi connectivity index (χ1v) is 7.21. The first-order valence-electron chi connectivity index (χ1n) is 6.83. The molecule has 1 saturated heterocycles. The number of hydrogen-bond acceptors (Lipinski definition) is 2. The molecule has 0 bridgehead atoms. The lowest BCUT2D eigenvalue weighted by Gasteiger charge is -2.32. The van der Waals surface area contributed by atoms with Gasteiger partial charge in [0.25, 0.3) is 0 Å². The molecule has 2 aromatic carbocycles. The van der Waals surface area contributed by atoms with Gasteiger partial charge in [0.2, 0.25) is 0 Å². The van der Waals surface area contributed by atoms with Crippen LogP contribution in [0.3, 0.4) is 0 Å². The highest BCUT2D eigenvalue weighted by Crippen LogP contribution is 2.36. The van der Waals surface area contributed by atoms with Gasteiger partial charge >= 0.3 is 7.12 Å². The maximum absolute atomic E-state index is 6.07. The molecule has 0 amide bonds. The molecule has 0 radical (unpaired) electrons. The fraction of sp³-hybridized carbons (Fsp3) is 0.375. The van der Waals surface area contributed by atoms with Crippen molar-refractivity contribution in [1.82, 2.24) is 0 Å². The normalized spacial score (nSPS) is 20.6. The zero-order valence-electron chi connectivity index (χ0n) is 12.2. The lowest BCUT2D eigenvalue weighted by Crippen LogP contribution is -2.41.